The van der Waals surface area contributed by atoms with E-state index in [1.54, 1.807) is 14.0 Å². The molecule has 1 atom stereocenters. The van der Waals surface area contributed by atoms with E-state index in [1.807, 2.05) is 0 Å². The van der Waals surface area contributed by atoms with Gasteiger partial charge in [-0.3, -0.25) is 14.4 Å². The normalized spacial score (nSPS) is 21.6. The summed E-state index contributed by atoms with van der Waals surface area (Å²) >= 11 is 0. The van der Waals surface area contributed by atoms with Gasteiger partial charge in [0.15, 0.2) is 17.3 Å². The quantitative estimate of drug-likeness (QED) is 0.280. The van der Waals surface area contributed by atoms with Crippen LogP contribution in [-0.4, -0.2) is 47.8 Å². The molecule has 8 nitrogen and oxygen atoms in total. The minimum Gasteiger partial charge on any atom is -0.507 e. The molecule has 0 unspecified atom stereocenters. The summed E-state index contributed by atoms with van der Waals surface area (Å²) in [5, 5.41) is 24.2. The monoisotopic (exact) mass is 415 g/mol. The molecule has 160 valence electrons. The first-order valence-corrected chi connectivity index (χ1v) is 9.60. The molecular formula is C22H25NO7. The van der Waals surface area contributed by atoms with Gasteiger partial charge in [0.1, 0.15) is 34.0 Å². The van der Waals surface area contributed by atoms with Crippen molar-refractivity contribution >= 4 is 17.3 Å². The van der Waals surface area contributed by atoms with E-state index in [0.717, 1.165) is 0 Å². The predicted octanol–water partition coefficient (Wildman–Crippen LogP) is 2.19. The van der Waals surface area contributed by atoms with Crippen LogP contribution in [0, 0.1) is 6.92 Å². The Bertz CT molecular complexity index is 1030. The van der Waals surface area contributed by atoms with Gasteiger partial charge in [-0.2, -0.15) is 0 Å². The molecule has 1 aromatic rings. The van der Waals surface area contributed by atoms with Gasteiger partial charge in [-0.05, 0) is 34.1 Å². The molecule has 0 saturated heterocycles. The fourth-order valence-electron chi connectivity index (χ4n) is 3.94. The van der Waals surface area contributed by atoms with Crippen LogP contribution < -0.4 is 10.1 Å². The number of rotatable bonds is 6. The van der Waals surface area contributed by atoms with Gasteiger partial charge in [0.25, 0.3) is 0 Å². The van der Waals surface area contributed by atoms with Crippen molar-refractivity contribution in [3.05, 3.63) is 39.8 Å². The third-order valence-electron chi connectivity index (χ3n) is 5.68. The van der Waals surface area contributed by atoms with Crippen molar-refractivity contribution in [2.75, 3.05) is 20.3 Å². The van der Waals surface area contributed by atoms with Crippen molar-refractivity contribution in [2.24, 2.45) is 0 Å². The van der Waals surface area contributed by atoms with Crippen molar-refractivity contribution in [3.8, 4) is 17.2 Å². The number of Topliss-reactive ketones (excluding diaryl/α,β-unsaturated/α-hetero) is 2. The highest BCUT2D eigenvalue weighted by atomic mass is 16.5. The van der Waals surface area contributed by atoms with E-state index in [2.05, 4.69) is 5.32 Å². The van der Waals surface area contributed by atoms with Gasteiger partial charge in [0.05, 0.1) is 11.1 Å². The number of hydrogen-bond donors (Lipinski definition) is 3. The van der Waals surface area contributed by atoms with Gasteiger partial charge in [-0.25, -0.2) is 0 Å². The third-order valence-corrected chi connectivity index (χ3v) is 5.68. The maximum absolute atomic E-state index is 13.5. The lowest BCUT2D eigenvalue weighted by molar-refractivity contribution is -0.123. The number of ketones is 3. The number of methoxy groups -OCH3 is 1. The molecule has 1 aromatic carbocycles. The lowest BCUT2D eigenvalue weighted by Gasteiger charge is -2.29. The number of allylic oxidation sites excluding steroid dienone is 4. The molecule has 0 radical (unpaired) electrons. The number of carbonyl (C=O) groups is 3. The maximum Gasteiger partial charge on any atom is 0.194 e. The number of carbonyl (C=O) groups excluding carboxylic acids is 3. The molecule has 1 heterocycles. The van der Waals surface area contributed by atoms with Gasteiger partial charge in [0.2, 0.25) is 0 Å². The molecule has 0 bridgehead atoms. The van der Waals surface area contributed by atoms with Gasteiger partial charge in [-0.1, -0.05) is 0 Å². The summed E-state index contributed by atoms with van der Waals surface area (Å²) in [4.78, 5) is 38.4. The van der Waals surface area contributed by atoms with Gasteiger partial charge in [0, 0.05) is 37.6 Å². The summed E-state index contributed by atoms with van der Waals surface area (Å²) in [6.07, 6.45) is 1.89. The van der Waals surface area contributed by atoms with Crippen LogP contribution in [-0.2, 0) is 19.7 Å². The van der Waals surface area contributed by atoms with Crippen molar-refractivity contribution < 1.29 is 34.1 Å². The van der Waals surface area contributed by atoms with Crippen LogP contribution in [0.2, 0.25) is 0 Å². The molecule has 0 spiro atoms. The zero-order chi connectivity index (χ0) is 22.4. The van der Waals surface area contributed by atoms with Crippen molar-refractivity contribution in [2.45, 2.75) is 39.5 Å². The number of nitrogens with one attached hydrogen (secondary N) is 1. The zero-order valence-electron chi connectivity index (χ0n) is 17.6. The summed E-state index contributed by atoms with van der Waals surface area (Å²) in [5.74, 6) is -2.38. The number of fused-ring (bicyclic) bond motifs is 3. The Labute approximate surface area is 174 Å². The smallest absolute Gasteiger partial charge is 0.194 e. The van der Waals surface area contributed by atoms with Gasteiger partial charge in [-0.15, -0.1) is 0 Å². The summed E-state index contributed by atoms with van der Waals surface area (Å²) in [6, 6.07) is 0. The van der Waals surface area contributed by atoms with E-state index in [-0.39, 0.29) is 39.5 Å². The second-order valence-corrected chi connectivity index (χ2v) is 7.66. The Morgan fingerprint density at radius 3 is 2.50 bits per heavy atom. The fourth-order valence-corrected chi connectivity index (χ4v) is 3.94. The number of hydrogen-bond acceptors (Lipinski definition) is 8. The Balaban J connectivity index is 2.18. The van der Waals surface area contributed by atoms with Crippen LogP contribution in [0.15, 0.2) is 23.1 Å². The number of phenols is 2. The van der Waals surface area contributed by atoms with Crippen LogP contribution in [0.1, 0.15) is 48.7 Å². The van der Waals surface area contributed by atoms with Gasteiger partial charge < -0.3 is 25.0 Å². The molecular weight excluding hydrogens is 390 g/mol. The highest BCUT2D eigenvalue weighted by Crippen LogP contribution is 2.57. The standard InChI is InChI=1S/C22H25NO7/c1-10-18(26)16(12(3)24)20-17(19(10)27)22(4)14(30-20)9-13(25)15(21(22)28)11(2)23-7-6-8-29-5/h9,23,26-27H,6-8H2,1-5H3/t22-/m0/s1. The third kappa shape index (κ3) is 2.99. The second-order valence-electron chi connectivity index (χ2n) is 7.66. The Morgan fingerprint density at radius 1 is 1.23 bits per heavy atom. The highest BCUT2D eigenvalue weighted by molar-refractivity contribution is 6.31. The number of benzene rings is 1. The number of aromatic hydroxyl groups is 2. The molecule has 1 aliphatic carbocycles. The maximum atomic E-state index is 13.5. The molecule has 0 saturated carbocycles. The first kappa shape index (κ1) is 21.6. The Hall–Kier alpha value is -3.13. The lowest BCUT2D eigenvalue weighted by Crippen LogP contribution is -2.41. The SMILES string of the molecule is COCCCNC(C)=C1C(=O)C=C2Oc3c(C(C)=O)c(O)c(C)c(O)c3[C@@]2(C)C1=O. The van der Waals surface area contributed by atoms with E-state index in [0.29, 0.717) is 25.3 Å². The fraction of sp³-hybridized carbons (Fsp3) is 0.409. The van der Waals surface area contributed by atoms with Gasteiger partial charge >= 0.3 is 0 Å². The summed E-state index contributed by atoms with van der Waals surface area (Å²) in [5.41, 5.74) is -1.11. The van der Waals surface area contributed by atoms with E-state index >= 15 is 0 Å². The first-order chi connectivity index (χ1) is 14.1. The minimum atomic E-state index is -1.50. The summed E-state index contributed by atoms with van der Waals surface area (Å²) in [6.45, 7) is 6.92. The van der Waals surface area contributed by atoms with Crippen molar-refractivity contribution in [1.29, 1.82) is 0 Å². The minimum absolute atomic E-state index is 0.0197. The van der Waals surface area contributed by atoms with E-state index in [1.165, 1.54) is 26.8 Å². The van der Waals surface area contributed by atoms with Crippen LogP contribution in [0.5, 0.6) is 17.2 Å². The van der Waals surface area contributed by atoms with Crippen LogP contribution >= 0.6 is 0 Å². The molecule has 8 heteroatoms. The zero-order valence-corrected chi connectivity index (χ0v) is 17.6. The van der Waals surface area contributed by atoms with Crippen LogP contribution in [0.3, 0.4) is 0 Å². The van der Waals surface area contributed by atoms with Crippen molar-refractivity contribution in [3.63, 3.8) is 0 Å². The number of phenolic OH excluding ortho intramolecular Hbond substituents is 2. The van der Waals surface area contributed by atoms with Crippen LogP contribution in [0.25, 0.3) is 0 Å². The Morgan fingerprint density at radius 2 is 1.90 bits per heavy atom. The predicted molar refractivity (Wildman–Crippen MR) is 108 cm³/mol. The van der Waals surface area contributed by atoms with E-state index < -0.39 is 28.5 Å². The lowest BCUT2D eigenvalue weighted by atomic mass is 9.70. The van der Waals surface area contributed by atoms with E-state index in [9.17, 15) is 24.6 Å². The Kier molecular flexibility index (Phi) is 5.47. The van der Waals surface area contributed by atoms with Crippen LogP contribution in [0.4, 0.5) is 0 Å². The summed E-state index contributed by atoms with van der Waals surface area (Å²) < 4.78 is 10.7. The molecule has 0 amide bonds. The summed E-state index contributed by atoms with van der Waals surface area (Å²) in [7, 11) is 1.59. The topological polar surface area (TPSA) is 122 Å². The van der Waals surface area contributed by atoms with Crippen molar-refractivity contribution in [1.82, 2.24) is 5.32 Å². The molecule has 1 aliphatic heterocycles. The molecule has 30 heavy (non-hydrogen) atoms. The molecule has 3 rings (SSSR count). The average Bonchev–Trinajstić information content (AvgIpc) is 2.96. The first-order valence-electron chi connectivity index (χ1n) is 9.60. The van der Waals surface area contributed by atoms with E-state index in [4.69, 9.17) is 9.47 Å². The molecule has 3 N–H and O–H groups in total. The molecule has 2 aliphatic rings. The average molecular weight is 415 g/mol. The number of ether oxygens (including phenoxy) is 2. The molecule has 0 aromatic heterocycles. The largest absolute Gasteiger partial charge is 0.507 e. The second kappa shape index (κ2) is 7.60. The highest BCUT2D eigenvalue weighted by Gasteiger charge is 2.56. The molecule has 0 fully saturated rings.